The summed E-state index contributed by atoms with van der Waals surface area (Å²) in [5.41, 5.74) is 7.77. The first kappa shape index (κ1) is 14.6. The number of halogens is 1. The molecule has 2 rings (SSSR count). The summed E-state index contributed by atoms with van der Waals surface area (Å²) in [7, 11) is 0. The van der Waals surface area contributed by atoms with Crippen LogP contribution in [0.15, 0.2) is 18.2 Å². The molecule has 0 saturated carbocycles. The molecule has 2 N–H and O–H groups in total. The fourth-order valence-corrected chi connectivity index (χ4v) is 2.71. The van der Waals surface area contributed by atoms with E-state index >= 15 is 0 Å². The van der Waals surface area contributed by atoms with Crippen molar-refractivity contribution in [3.05, 3.63) is 28.8 Å². The fourth-order valence-electron chi connectivity index (χ4n) is 2.60. The van der Waals surface area contributed by atoms with Gasteiger partial charge in [0.1, 0.15) is 0 Å². The molecule has 0 amide bonds. The van der Waals surface area contributed by atoms with Crippen LogP contribution in [0.5, 0.6) is 0 Å². The third kappa shape index (κ3) is 4.37. The molecule has 19 heavy (non-hydrogen) atoms. The van der Waals surface area contributed by atoms with Crippen molar-refractivity contribution in [3.63, 3.8) is 0 Å². The molecule has 1 heterocycles. The molecule has 0 radical (unpaired) electrons. The highest BCUT2D eigenvalue weighted by Gasteiger charge is 2.17. The van der Waals surface area contributed by atoms with Gasteiger partial charge in [0, 0.05) is 39.3 Å². The average Bonchev–Trinajstić information content (AvgIpc) is 2.36. The molecule has 0 bridgehead atoms. The molecule has 0 atom stereocenters. The van der Waals surface area contributed by atoms with Gasteiger partial charge in [0.05, 0.1) is 10.7 Å². The maximum Gasteiger partial charge on any atom is 0.0635 e. The predicted molar refractivity (Wildman–Crippen MR) is 82.4 cm³/mol. The molecule has 4 heteroatoms. The van der Waals surface area contributed by atoms with Crippen LogP contribution in [-0.4, -0.2) is 42.5 Å². The van der Waals surface area contributed by atoms with E-state index in [4.69, 9.17) is 17.3 Å². The molecule has 1 aromatic rings. The van der Waals surface area contributed by atoms with Crippen LogP contribution in [0.3, 0.4) is 0 Å². The summed E-state index contributed by atoms with van der Waals surface area (Å²) in [6.45, 7) is 11.3. The molecular weight excluding hydrogens is 258 g/mol. The summed E-state index contributed by atoms with van der Waals surface area (Å²) in [6.07, 6.45) is 0. The average molecular weight is 282 g/mol. The Balaban J connectivity index is 1.83. The maximum atomic E-state index is 5.95. The van der Waals surface area contributed by atoms with Gasteiger partial charge in [0.25, 0.3) is 0 Å². The standard InChI is InChI=1S/C15H24ClN3/c1-12(2)10-18-5-7-19(8-6-18)11-13-3-4-14(16)15(17)9-13/h3-4,9,12H,5-8,10-11,17H2,1-2H3. The van der Waals surface area contributed by atoms with E-state index in [1.54, 1.807) is 0 Å². The molecular formula is C15H24ClN3. The number of nitrogens with zero attached hydrogens (tertiary/aromatic N) is 2. The second-order valence-electron chi connectivity index (χ2n) is 5.83. The Morgan fingerprint density at radius 3 is 2.37 bits per heavy atom. The Morgan fingerprint density at radius 2 is 1.79 bits per heavy atom. The molecule has 0 aromatic heterocycles. The number of rotatable bonds is 4. The van der Waals surface area contributed by atoms with Gasteiger partial charge in [-0.1, -0.05) is 31.5 Å². The highest BCUT2D eigenvalue weighted by atomic mass is 35.5. The zero-order valence-electron chi connectivity index (χ0n) is 11.9. The van der Waals surface area contributed by atoms with Crippen LogP contribution in [0.2, 0.25) is 5.02 Å². The van der Waals surface area contributed by atoms with Gasteiger partial charge >= 0.3 is 0 Å². The lowest BCUT2D eigenvalue weighted by Gasteiger charge is -2.35. The Morgan fingerprint density at radius 1 is 1.16 bits per heavy atom. The Hall–Kier alpha value is -0.770. The molecule has 3 nitrogen and oxygen atoms in total. The van der Waals surface area contributed by atoms with E-state index in [-0.39, 0.29) is 0 Å². The summed E-state index contributed by atoms with van der Waals surface area (Å²) in [4.78, 5) is 5.04. The SMILES string of the molecule is CC(C)CN1CCN(Cc2ccc(Cl)c(N)c2)CC1. The lowest BCUT2D eigenvalue weighted by atomic mass is 10.1. The lowest BCUT2D eigenvalue weighted by molar-refractivity contribution is 0.117. The fraction of sp³-hybridized carbons (Fsp3) is 0.600. The first-order valence-corrected chi connectivity index (χ1v) is 7.41. The monoisotopic (exact) mass is 281 g/mol. The summed E-state index contributed by atoms with van der Waals surface area (Å²) < 4.78 is 0. The van der Waals surface area contributed by atoms with Crippen molar-refractivity contribution in [3.8, 4) is 0 Å². The van der Waals surface area contributed by atoms with E-state index in [0.717, 1.165) is 25.6 Å². The van der Waals surface area contributed by atoms with Crippen LogP contribution in [0, 0.1) is 5.92 Å². The molecule has 0 spiro atoms. The summed E-state index contributed by atoms with van der Waals surface area (Å²) in [6, 6.07) is 5.95. The van der Waals surface area contributed by atoms with Gasteiger partial charge in [-0.3, -0.25) is 4.90 Å². The van der Waals surface area contributed by atoms with Crippen molar-refractivity contribution >= 4 is 17.3 Å². The van der Waals surface area contributed by atoms with Crippen molar-refractivity contribution in [1.29, 1.82) is 0 Å². The van der Waals surface area contributed by atoms with Crippen LogP contribution in [0.25, 0.3) is 0 Å². The number of anilines is 1. The molecule has 106 valence electrons. The summed E-state index contributed by atoms with van der Waals surface area (Å²) >= 11 is 5.95. The highest BCUT2D eigenvalue weighted by molar-refractivity contribution is 6.33. The van der Waals surface area contributed by atoms with Gasteiger partial charge in [-0.2, -0.15) is 0 Å². The molecule has 0 aliphatic carbocycles. The van der Waals surface area contributed by atoms with Crippen LogP contribution < -0.4 is 5.73 Å². The third-order valence-corrected chi connectivity index (χ3v) is 3.90. The maximum absolute atomic E-state index is 5.95. The lowest BCUT2D eigenvalue weighted by Crippen LogP contribution is -2.46. The van der Waals surface area contributed by atoms with Gasteiger partial charge in [0.2, 0.25) is 0 Å². The van der Waals surface area contributed by atoms with Crippen molar-refractivity contribution < 1.29 is 0 Å². The second kappa shape index (κ2) is 6.60. The Kier molecular flexibility index (Phi) is 5.08. The second-order valence-corrected chi connectivity index (χ2v) is 6.23. The van der Waals surface area contributed by atoms with Gasteiger partial charge < -0.3 is 10.6 Å². The van der Waals surface area contributed by atoms with E-state index < -0.39 is 0 Å². The van der Waals surface area contributed by atoms with Crippen LogP contribution in [0.1, 0.15) is 19.4 Å². The van der Waals surface area contributed by atoms with Gasteiger partial charge in [-0.05, 0) is 23.6 Å². The number of nitrogens with two attached hydrogens (primary N) is 1. The minimum atomic E-state index is 0.644. The van der Waals surface area contributed by atoms with E-state index in [2.05, 4.69) is 29.7 Å². The minimum absolute atomic E-state index is 0.644. The van der Waals surface area contributed by atoms with Crippen LogP contribution in [0.4, 0.5) is 5.69 Å². The number of nitrogen functional groups attached to an aromatic ring is 1. The molecule has 1 fully saturated rings. The first-order chi connectivity index (χ1) is 9.04. The summed E-state index contributed by atoms with van der Waals surface area (Å²) in [5.74, 6) is 0.752. The number of hydrogen-bond acceptors (Lipinski definition) is 3. The van der Waals surface area contributed by atoms with E-state index in [1.165, 1.54) is 25.2 Å². The minimum Gasteiger partial charge on any atom is -0.398 e. The zero-order chi connectivity index (χ0) is 13.8. The smallest absolute Gasteiger partial charge is 0.0635 e. The normalized spacial score (nSPS) is 18.1. The summed E-state index contributed by atoms with van der Waals surface area (Å²) in [5, 5.41) is 0.644. The predicted octanol–water partition coefficient (Wildman–Crippen LogP) is 2.70. The largest absolute Gasteiger partial charge is 0.398 e. The first-order valence-electron chi connectivity index (χ1n) is 7.03. The van der Waals surface area contributed by atoms with Crippen LogP contribution in [-0.2, 0) is 6.54 Å². The number of piperazine rings is 1. The van der Waals surface area contributed by atoms with Crippen molar-refractivity contribution in [2.24, 2.45) is 5.92 Å². The molecule has 0 unspecified atom stereocenters. The van der Waals surface area contributed by atoms with E-state index in [9.17, 15) is 0 Å². The quantitative estimate of drug-likeness (QED) is 0.862. The van der Waals surface area contributed by atoms with Gasteiger partial charge in [-0.25, -0.2) is 0 Å². The Bertz CT molecular complexity index is 412. The Labute approximate surface area is 121 Å². The van der Waals surface area contributed by atoms with Crippen LogP contribution >= 0.6 is 11.6 Å². The van der Waals surface area contributed by atoms with E-state index in [0.29, 0.717) is 10.7 Å². The van der Waals surface area contributed by atoms with Gasteiger partial charge in [-0.15, -0.1) is 0 Å². The van der Waals surface area contributed by atoms with Crippen molar-refractivity contribution in [2.45, 2.75) is 20.4 Å². The van der Waals surface area contributed by atoms with Crippen molar-refractivity contribution in [1.82, 2.24) is 9.80 Å². The molecule has 1 aromatic carbocycles. The number of hydrogen-bond donors (Lipinski definition) is 1. The zero-order valence-corrected chi connectivity index (χ0v) is 12.7. The topological polar surface area (TPSA) is 32.5 Å². The van der Waals surface area contributed by atoms with Gasteiger partial charge in [0.15, 0.2) is 0 Å². The number of benzene rings is 1. The molecule has 1 aliphatic heterocycles. The molecule has 1 saturated heterocycles. The van der Waals surface area contributed by atoms with Crippen molar-refractivity contribution in [2.75, 3.05) is 38.5 Å². The van der Waals surface area contributed by atoms with E-state index in [1.807, 2.05) is 12.1 Å². The third-order valence-electron chi connectivity index (χ3n) is 3.55. The highest BCUT2D eigenvalue weighted by Crippen LogP contribution is 2.20. The molecule has 1 aliphatic rings.